The predicted octanol–water partition coefficient (Wildman–Crippen LogP) is 6.72. The molecule has 0 atom stereocenters. The minimum Gasteiger partial charge on any atom is -0.324 e. The number of hydrogen-bond donors (Lipinski definition) is 2. The van der Waals surface area contributed by atoms with E-state index in [1.165, 1.54) is 29.0 Å². The Morgan fingerprint density at radius 2 is 1.73 bits per heavy atom. The lowest BCUT2D eigenvalue weighted by Crippen LogP contribution is -2.12. The maximum Gasteiger partial charge on any atom is 0.416 e. The number of rotatable bonds is 7. The van der Waals surface area contributed by atoms with Crippen LogP contribution in [0, 0.1) is 0 Å². The molecule has 3 nitrogen and oxygen atoms in total. The number of fused-ring (bicyclic) bond motifs is 1. The average molecular weight is 446 g/mol. The number of nitrogens with one attached hydrogen (secondary N) is 2. The number of benzene rings is 2. The van der Waals surface area contributed by atoms with Crippen molar-refractivity contribution >= 4 is 39.9 Å². The molecule has 2 aromatic heterocycles. The molecule has 0 saturated heterocycles. The van der Waals surface area contributed by atoms with Crippen LogP contribution in [0.4, 0.5) is 18.9 Å². The van der Waals surface area contributed by atoms with Crippen molar-refractivity contribution in [2.24, 2.45) is 0 Å². The Morgan fingerprint density at radius 3 is 2.47 bits per heavy atom. The largest absolute Gasteiger partial charge is 0.416 e. The van der Waals surface area contributed by atoms with Gasteiger partial charge >= 0.3 is 6.18 Å². The predicted molar refractivity (Wildman–Crippen MR) is 118 cm³/mol. The van der Waals surface area contributed by atoms with Gasteiger partial charge in [-0.25, -0.2) is 4.98 Å². The van der Waals surface area contributed by atoms with Crippen LogP contribution in [0.1, 0.15) is 16.1 Å². The van der Waals surface area contributed by atoms with Crippen LogP contribution < -0.4 is 10.0 Å². The van der Waals surface area contributed by atoms with E-state index in [0.29, 0.717) is 11.4 Å². The summed E-state index contributed by atoms with van der Waals surface area (Å²) in [6.45, 7) is 1.44. The molecule has 0 fully saturated rings. The summed E-state index contributed by atoms with van der Waals surface area (Å²) in [5, 5.41) is 6.44. The molecule has 0 amide bonds. The molecule has 4 aromatic rings. The van der Waals surface area contributed by atoms with Crippen molar-refractivity contribution in [2.75, 3.05) is 4.72 Å². The molecule has 8 heteroatoms. The highest BCUT2D eigenvalue weighted by atomic mass is 32.2. The first kappa shape index (κ1) is 20.7. The Hall–Kier alpha value is -2.55. The number of anilines is 1. The molecular weight excluding hydrogens is 427 g/mol. The van der Waals surface area contributed by atoms with Crippen LogP contribution in [0.2, 0.25) is 0 Å². The Kier molecular flexibility index (Phi) is 6.26. The number of nitrogens with zero attached hydrogens (tertiary/aromatic N) is 1. The zero-order chi connectivity index (χ0) is 21.0. The van der Waals surface area contributed by atoms with E-state index in [1.807, 2.05) is 36.4 Å². The van der Waals surface area contributed by atoms with Crippen LogP contribution >= 0.6 is 23.3 Å². The summed E-state index contributed by atoms with van der Waals surface area (Å²) in [5.41, 5.74) is 1.91. The third kappa shape index (κ3) is 5.13. The van der Waals surface area contributed by atoms with Crippen LogP contribution in [-0.4, -0.2) is 4.98 Å². The number of pyridine rings is 1. The van der Waals surface area contributed by atoms with Gasteiger partial charge in [-0.1, -0.05) is 24.3 Å². The van der Waals surface area contributed by atoms with Gasteiger partial charge in [0.1, 0.15) is 0 Å². The summed E-state index contributed by atoms with van der Waals surface area (Å²) in [5.74, 6) is 0. The molecular formula is C22H18F3N3S2. The molecule has 154 valence electrons. The normalized spacial score (nSPS) is 11.7. The molecule has 0 spiro atoms. The number of hydrogen-bond acceptors (Lipinski definition) is 5. The first-order valence-electron chi connectivity index (χ1n) is 9.21. The van der Waals surface area contributed by atoms with Crippen LogP contribution in [0.3, 0.4) is 0 Å². The fraction of sp³-hybridized carbons (Fsp3) is 0.136. The number of halogens is 3. The highest BCUT2D eigenvalue weighted by Gasteiger charge is 2.29. The van der Waals surface area contributed by atoms with Gasteiger partial charge in [0.15, 0.2) is 0 Å². The van der Waals surface area contributed by atoms with E-state index >= 15 is 0 Å². The van der Waals surface area contributed by atoms with Gasteiger partial charge in [-0.15, -0.1) is 11.3 Å². The molecule has 0 aliphatic carbocycles. The first-order chi connectivity index (χ1) is 14.5. The van der Waals surface area contributed by atoms with Gasteiger partial charge in [-0.3, -0.25) is 0 Å². The molecule has 0 unspecified atom stereocenters. The van der Waals surface area contributed by atoms with Crippen LogP contribution in [0.25, 0.3) is 10.9 Å². The summed E-state index contributed by atoms with van der Waals surface area (Å²) < 4.78 is 41.4. The molecule has 0 bridgehead atoms. The zero-order valence-corrected chi connectivity index (χ0v) is 17.4. The quantitative estimate of drug-likeness (QED) is 0.310. The highest BCUT2D eigenvalue weighted by molar-refractivity contribution is 8.00. The first-order valence-corrected chi connectivity index (χ1v) is 10.9. The number of aromatic nitrogens is 1. The Balaban J connectivity index is 1.45. The van der Waals surface area contributed by atoms with E-state index in [-0.39, 0.29) is 0 Å². The van der Waals surface area contributed by atoms with Crippen LogP contribution in [0.5, 0.6) is 0 Å². The summed E-state index contributed by atoms with van der Waals surface area (Å²) in [7, 11) is 0. The average Bonchev–Trinajstić information content (AvgIpc) is 3.25. The van der Waals surface area contributed by atoms with E-state index in [4.69, 9.17) is 4.98 Å². The molecule has 2 heterocycles. The Bertz CT molecular complexity index is 1110. The Labute approximate surface area is 180 Å². The van der Waals surface area contributed by atoms with E-state index < -0.39 is 11.7 Å². The standard InChI is InChI=1S/C22H18F3N3S2/c23-22(24,25)16-7-10-18(11-8-16)30-28-20-5-1-3-15-6-9-17(27-21(15)20)13-26-14-19-4-2-12-29-19/h1-12,26,28H,13-14H2. The maximum atomic E-state index is 12.7. The Morgan fingerprint density at radius 1 is 0.900 bits per heavy atom. The van der Waals surface area contributed by atoms with Gasteiger partial charge in [0.05, 0.1) is 22.5 Å². The molecule has 0 radical (unpaired) electrons. The third-order valence-electron chi connectivity index (χ3n) is 4.42. The number of alkyl halides is 3. The van der Waals surface area contributed by atoms with Gasteiger partial charge < -0.3 is 10.0 Å². The zero-order valence-electron chi connectivity index (χ0n) is 15.7. The fourth-order valence-electron chi connectivity index (χ4n) is 2.92. The number of thiophene rings is 1. The summed E-state index contributed by atoms with van der Waals surface area (Å²) in [6, 6.07) is 19.1. The van der Waals surface area contributed by atoms with E-state index in [2.05, 4.69) is 21.5 Å². The topological polar surface area (TPSA) is 37.0 Å². The lowest BCUT2D eigenvalue weighted by molar-refractivity contribution is -0.137. The van der Waals surface area contributed by atoms with Gasteiger partial charge in [0.25, 0.3) is 0 Å². The highest BCUT2D eigenvalue weighted by Crippen LogP contribution is 2.32. The molecule has 30 heavy (non-hydrogen) atoms. The maximum absolute atomic E-state index is 12.7. The molecule has 0 saturated carbocycles. The van der Waals surface area contributed by atoms with Gasteiger partial charge in [-0.2, -0.15) is 13.2 Å². The minimum atomic E-state index is -4.33. The van der Waals surface area contributed by atoms with Gasteiger partial charge in [0.2, 0.25) is 0 Å². The van der Waals surface area contributed by atoms with Crippen molar-refractivity contribution in [3.8, 4) is 0 Å². The van der Waals surface area contributed by atoms with Crippen molar-refractivity contribution in [3.63, 3.8) is 0 Å². The molecule has 4 rings (SSSR count). The minimum absolute atomic E-state index is 0.647. The van der Waals surface area contributed by atoms with Crippen LogP contribution in [-0.2, 0) is 19.3 Å². The molecule has 2 aromatic carbocycles. The lowest BCUT2D eigenvalue weighted by atomic mass is 10.2. The monoisotopic (exact) mass is 445 g/mol. The molecule has 0 aliphatic heterocycles. The summed E-state index contributed by atoms with van der Waals surface area (Å²) in [6.07, 6.45) is -4.33. The van der Waals surface area contributed by atoms with Gasteiger partial charge in [-0.05, 0) is 59.8 Å². The van der Waals surface area contributed by atoms with Gasteiger partial charge in [0, 0.05) is 28.2 Å². The summed E-state index contributed by atoms with van der Waals surface area (Å²) in [4.78, 5) is 6.73. The molecule has 2 N–H and O–H groups in total. The van der Waals surface area contributed by atoms with Crippen molar-refractivity contribution < 1.29 is 13.2 Å². The molecule has 0 aliphatic rings. The van der Waals surface area contributed by atoms with Crippen molar-refractivity contribution in [3.05, 3.63) is 88.2 Å². The van der Waals surface area contributed by atoms with E-state index in [9.17, 15) is 13.2 Å². The van der Waals surface area contributed by atoms with E-state index in [0.717, 1.165) is 41.0 Å². The number of para-hydroxylation sites is 1. The van der Waals surface area contributed by atoms with Crippen molar-refractivity contribution in [1.82, 2.24) is 10.3 Å². The third-order valence-corrected chi connectivity index (χ3v) is 6.13. The lowest BCUT2D eigenvalue weighted by Gasteiger charge is -2.11. The van der Waals surface area contributed by atoms with Crippen molar-refractivity contribution in [1.29, 1.82) is 0 Å². The summed E-state index contributed by atoms with van der Waals surface area (Å²) >= 11 is 2.97. The SMILES string of the molecule is FC(F)(F)c1ccc(SNc2cccc3ccc(CNCc4cccs4)nc23)cc1. The second-order valence-corrected chi connectivity index (χ2v) is 8.50. The smallest absolute Gasteiger partial charge is 0.324 e. The van der Waals surface area contributed by atoms with Crippen LogP contribution in [0.15, 0.2) is 77.0 Å². The van der Waals surface area contributed by atoms with E-state index in [1.54, 1.807) is 11.3 Å². The van der Waals surface area contributed by atoms with Crippen molar-refractivity contribution in [2.45, 2.75) is 24.2 Å². The second kappa shape index (κ2) is 9.07. The fourth-order valence-corrected chi connectivity index (χ4v) is 4.26. The second-order valence-electron chi connectivity index (χ2n) is 6.59.